The molecule has 0 heterocycles. The van der Waals surface area contributed by atoms with Crippen molar-refractivity contribution in [2.24, 2.45) is 11.1 Å². The van der Waals surface area contributed by atoms with Gasteiger partial charge >= 0.3 is 0 Å². The van der Waals surface area contributed by atoms with Gasteiger partial charge in [-0.3, -0.25) is 4.79 Å². The summed E-state index contributed by atoms with van der Waals surface area (Å²) in [5.41, 5.74) is 5.69. The minimum Gasteiger partial charge on any atom is -0.369 e. The van der Waals surface area contributed by atoms with Crippen LogP contribution in [0, 0.1) is 5.41 Å². The monoisotopic (exact) mass is 211 g/mol. The molecule has 0 aliphatic carbocycles. The van der Waals surface area contributed by atoms with Crippen LogP contribution >= 0.6 is 11.6 Å². The molecule has 0 aliphatic heterocycles. The fourth-order valence-corrected chi connectivity index (χ4v) is 1.41. The van der Waals surface area contributed by atoms with Crippen molar-refractivity contribution in [2.75, 3.05) is 0 Å². The van der Waals surface area contributed by atoms with Crippen LogP contribution in [0.4, 0.5) is 0 Å². The Kier molecular flexibility index (Phi) is 3.17. The Hall–Kier alpha value is -1.02. The molecule has 0 bridgehead atoms. The molecule has 1 aromatic rings. The van der Waals surface area contributed by atoms with Crippen LogP contribution in [0.3, 0.4) is 0 Å². The molecule has 0 saturated carbocycles. The lowest BCUT2D eigenvalue weighted by atomic mass is 9.85. The van der Waals surface area contributed by atoms with Gasteiger partial charge in [0, 0.05) is 10.4 Å². The minimum absolute atomic E-state index is 0.308. The van der Waals surface area contributed by atoms with E-state index >= 15 is 0 Å². The number of benzene rings is 1. The number of nitrogens with two attached hydrogens (primary N) is 1. The number of carbonyl (C=O) groups is 1. The van der Waals surface area contributed by atoms with Crippen molar-refractivity contribution in [3.05, 3.63) is 34.9 Å². The predicted molar refractivity (Wildman–Crippen MR) is 58.1 cm³/mol. The van der Waals surface area contributed by atoms with Gasteiger partial charge in [0.15, 0.2) is 0 Å². The molecule has 0 unspecified atom stereocenters. The summed E-state index contributed by atoms with van der Waals surface area (Å²) in [6.45, 7) is 3.64. The molecule has 14 heavy (non-hydrogen) atoms. The molecule has 0 saturated heterocycles. The third-order valence-corrected chi connectivity index (χ3v) is 2.63. The van der Waals surface area contributed by atoms with Gasteiger partial charge in [-0.2, -0.15) is 0 Å². The van der Waals surface area contributed by atoms with Gasteiger partial charge in [-0.05, 0) is 18.1 Å². The lowest BCUT2D eigenvalue weighted by Gasteiger charge is -2.20. The molecular formula is C11H14ClNO. The number of rotatable bonds is 3. The maximum Gasteiger partial charge on any atom is 0.223 e. The predicted octanol–water partition coefficient (Wildman–Crippen LogP) is 2.39. The van der Waals surface area contributed by atoms with Crippen LogP contribution in [-0.4, -0.2) is 5.91 Å². The van der Waals surface area contributed by atoms with Gasteiger partial charge in [0.25, 0.3) is 0 Å². The van der Waals surface area contributed by atoms with E-state index in [-0.39, 0.29) is 5.91 Å². The minimum atomic E-state index is -0.551. The van der Waals surface area contributed by atoms with E-state index in [1.165, 1.54) is 0 Å². The Bertz CT molecular complexity index is 347. The van der Waals surface area contributed by atoms with Crippen molar-refractivity contribution in [2.45, 2.75) is 20.3 Å². The number of hydrogen-bond acceptors (Lipinski definition) is 1. The zero-order chi connectivity index (χ0) is 10.8. The summed E-state index contributed by atoms with van der Waals surface area (Å²) in [6, 6.07) is 7.49. The smallest absolute Gasteiger partial charge is 0.223 e. The lowest BCUT2D eigenvalue weighted by molar-refractivity contribution is -0.125. The molecule has 76 valence electrons. The van der Waals surface area contributed by atoms with Crippen LogP contribution in [0.25, 0.3) is 0 Å². The van der Waals surface area contributed by atoms with Crippen molar-refractivity contribution in [1.29, 1.82) is 0 Å². The third kappa shape index (κ3) is 2.48. The molecule has 0 spiro atoms. The second-order valence-electron chi connectivity index (χ2n) is 4.02. The second-order valence-corrected chi connectivity index (χ2v) is 4.42. The van der Waals surface area contributed by atoms with E-state index in [0.29, 0.717) is 11.4 Å². The summed E-state index contributed by atoms with van der Waals surface area (Å²) in [7, 11) is 0. The first kappa shape index (κ1) is 11.1. The van der Waals surface area contributed by atoms with E-state index in [4.69, 9.17) is 17.3 Å². The highest BCUT2D eigenvalue weighted by atomic mass is 35.5. The number of primary amides is 1. The maximum atomic E-state index is 11.1. The highest BCUT2D eigenvalue weighted by Crippen LogP contribution is 2.25. The molecule has 2 nitrogen and oxygen atoms in total. The number of carbonyl (C=O) groups excluding carboxylic acids is 1. The summed E-state index contributed by atoms with van der Waals surface area (Å²) >= 11 is 5.98. The summed E-state index contributed by atoms with van der Waals surface area (Å²) in [5.74, 6) is -0.308. The van der Waals surface area contributed by atoms with Crippen molar-refractivity contribution < 1.29 is 4.79 Å². The maximum absolute atomic E-state index is 11.1. The van der Waals surface area contributed by atoms with Crippen LogP contribution in [0.1, 0.15) is 19.4 Å². The van der Waals surface area contributed by atoms with E-state index in [2.05, 4.69) is 0 Å². The van der Waals surface area contributed by atoms with Crippen molar-refractivity contribution in [3.8, 4) is 0 Å². The summed E-state index contributed by atoms with van der Waals surface area (Å²) in [6.07, 6.45) is 0.571. The fraction of sp³-hybridized carbons (Fsp3) is 0.364. The molecule has 0 fully saturated rings. The highest BCUT2D eigenvalue weighted by molar-refractivity contribution is 6.31. The quantitative estimate of drug-likeness (QED) is 0.820. The molecule has 0 aliphatic rings. The van der Waals surface area contributed by atoms with Gasteiger partial charge in [0.1, 0.15) is 0 Å². The zero-order valence-corrected chi connectivity index (χ0v) is 9.14. The molecule has 1 amide bonds. The third-order valence-electron chi connectivity index (χ3n) is 2.26. The zero-order valence-electron chi connectivity index (χ0n) is 8.38. The average Bonchev–Trinajstić information content (AvgIpc) is 2.08. The Morgan fingerprint density at radius 2 is 2.00 bits per heavy atom. The largest absolute Gasteiger partial charge is 0.369 e. The fourth-order valence-electron chi connectivity index (χ4n) is 1.21. The van der Waals surface area contributed by atoms with E-state index in [1.807, 2.05) is 38.1 Å². The molecule has 0 atom stereocenters. The van der Waals surface area contributed by atoms with Crippen molar-refractivity contribution in [3.63, 3.8) is 0 Å². The molecule has 1 aromatic carbocycles. The Balaban J connectivity index is 2.89. The van der Waals surface area contributed by atoms with E-state index in [9.17, 15) is 4.79 Å². The summed E-state index contributed by atoms with van der Waals surface area (Å²) in [5, 5.41) is 0.682. The van der Waals surface area contributed by atoms with Gasteiger partial charge in [-0.1, -0.05) is 43.6 Å². The summed E-state index contributed by atoms with van der Waals surface area (Å²) < 4.78 is 0. The molecule has 1 rings (SSSR count). The lowest BCUT2D eigenvalue weighted by Crippen LogP contribution is -2.33. The Morgan fingerprint density at radius 3 is 2.50 bits per heavy atom. The van der Waals surface area contributed by atoms with Gasteiger partial charge in [-0.25, -0.2) is 0 Å². The van der Waals surface area contributed by atoms with Gasteiger partial charge < -0.3 is 5.73 Å². The van der Waals surface area contributed by atoms with E-state index in [1.54, 1.807) is 0 Å². The SMILES string of the molecule is CC(C)(Cc1ccccc1Cl)C(N)=O. The highest BCUT2D eigenvalue weighted by Gasteiger charge is 2.25. The van der Waals surface area contributed by atoms with Crippen molar-refractivity contribution >= 4 is 17.5 Å². The average molecular weight is 212 g/mol. The number of hydrogen-bond donors (Lipinski definition) is 1. The normalized spacial score (nSPS) is 11.4. The first-order valence-corrected chi connectivity index (χ1v) is 4.84. The molecular weight excluding hydrogens is 198 g/mol. The Labute approximate surface area is 89.1 Å². The van der Waals surface area contributed by atoms with Crippen LogP contribution in [0.2, 0.25) is 5.02 Å². The molecule has 0 aromatic heterocycles. The van der Waals surface area contributed by atoms with Crippen molar-refractivity contribution in [1.82, 2.24) is 0 Å². The standard InChI is InChI=1S/C11H14ClNO/c1-11(2,10(13)14)7-8-5-3-4-6-9(8)12/h3-6H,7H2,1-2H3,(H2,13,14). The van der Waals surface area contributed by atoms with Gasteiger partial charge in [-0.15, -0.1) is 0 Å². The van der Waals surface area contributed by atoms with Gasteiger partial charge in [0.2, 0.25) is 5.91 Å². The summed E-state index contributed by atoms with van der Waals surface area (Å²) in [4.78, 5) is 11.1. The molecule has 0 radical (unpaired) electrons. The first-order valence-electron chi connectivity index (χ1n) is 4.47. The van der Waals surface area contributed by atoms with E-state index in [0.717, 1.165) is 5.56 Å². The number of halogens is 1. The second kappa shape index (κ2) is 4.01. The molecule has 2 N–H and O–H groups in total. The first-order chi connectivity index (χ1) is 6.43. The Morgan fingerprint density at radius 1 is 1.43 bits per heavy atom. The van der Waals surface area contributed by atoms with Crippen LogP contribution < -0.4 is 5.73 Å². The van der Waals surface area contributed by atoms with Crippen LogP contribution in [-0.2, 0) is 11.2 Å². The van der Waals surface area contributed by atoms with Crippen LogP contribution in [0.15, 0.2) is 24.3 Å². The van der Waals surface area contributed by atoms with E-state index < -0.39 is 5.41 Å². The van der Waals surface area contributed by atoms with Gasteiger partial charge in [0.05, 0.1) is 0 Å². The topological polar surface area (TPSA) is 43.1 Å². The number of amides is 1. The molecule has 3 heteroatoms. The van der Waals surface area contributed by atoms with Crippen LogP contribution in [0.5, 0.6) is 0 Å².